The summed E-state index contributed by atoms with van der Waals surface area (Å²) in [6, 6.07) is 2.46. The van der Waals surface area contributed by atoms with Crippen molar-refractivity contribution in [2.45, 2.75) is 49.3 Å². The maximum atomic E-state index is 14.7. The van der Waals surface area contributed by atoms with E-state index in [2.05, 4.69) is 24.6 Å². The summed E-state index contributed by atoms with van der Waals surface area (Å²) in [6.45, 7) is 9.25. The number of thioether (sulfide) groups is 1. The van der Waals surface area contributed by atoms with Crippen LogP contribution in [0.5, 0.6) is 0 Å². The first kappa shape index (κ1) is 24.0. The number of ether oxygens (including phenoxy) is 2. The molecule has 11 heteroatoms. The topological polar surface area (TPSA) is 110 Å². The van der Waals surface area contributed by atoms with E-state index in [0.717, 1.165) is 10.9 Å². The van der Waals surface area contributed by atoms with Crippen molar-refractivity contribution in [2.75, 3.05) is 32.8 Å². The number of pyridine rings is 1. The maximum absolute atomic E-state index is 14.7. The van der Waals surface area contributed by atoms with Gasteiger partial charge in [0.25, 0.3) is 0 Å². The average molecular weight is 471 g/mol. The lowest BCUT2D eigenvalue weighted by Crippen LogP contribution is -2.44. The minimum atomic E-state index is -1.31. The number of nitrogens with zero attached hydrogens (tertiary/aromatic N) is 3. The molecule has 31 heavy (non-hydrogen) atoms. The molecule has 1 saturated carbocycles. The second-order valence-corrected chi connectivity index (χ2v) is 16.6. The molecule has 2 heterocycles. The summed E-state index contributed by atoms with van der Waals surface area (Å²) in [5.74, 6) is -0.687. The number of carbonyl (C=O) groups is 1. The summed E-state index contributed by atoms with van der Waals surface area (Å²) >= 11 is 1.36. The Morgan fingerprint density at radius 2 is 2.19 bits per heavy atom. The second-order valence-electron chi connectivity index (χ2n) is 9.56. The molecule has 0 radical (unpaired) electrons. The molecule has 1 aliphatic carbocycles. The van der Waals surface area contributed by atoms with Crippen LogP contribution in [0.15, 0.2) is 17.3 Å². The SMILES string of the molecule is COC[C@]12C[C@H]1[C@@](C)(c1cc(N)cnc1F)N=C(N(COCC[Si](C)(C)C)C(=O)O)S2. The van der Waals surface area contributed by atoms with Gasteiger partial charge < -0.3 is 20.3 Å². The number of hydrogen-bond donors (Lipinski definition) is 2. The molecule has 1 fully saturated rings. The zero-order valence-corrected chi connectivity index (χ0v) is 20.5. The highest BCUT2D eigenvalue weighted by molar-refractivity contribution is 8.15. The van der Waals surface area contributed by atoms with E-state index in [0.29, 0.717) is 25.3 Å². The standard InChI is InChI=1S/C20H31FN4O4SSi/c1-19(14-8-13(22)10-23-16(14)21)15-9-20(15,11-28-2)30-17(24-19)25(18(26)27)12-29-6-7-31(3,4)5/h8,10,15H,6-7,9,11-12,22H2,1-5H3,(H,26,27)/t15-,19+,20+/m0/s1. The Labute approximate surface area is 187 Å². The molecule has 0 saturated heterocycles. The Morgan fingerprint density at radius 1 is 1.48 bits per heavy atom. The highest BCUT2D eigenvalue weighted by atomic mass is 32.2. The third-order valence-corrected chi connectivity index (χ3v) is 8.97. The number of halogens is 1. The monoisotopic (exact) mass is 470 g/mol. The van der Waals surface area contributed by atoms with Gasteiger partial charge in [-0.25, -0.2) is 14.7 Å². The minimum Gasteiger partial charge on any atom is -0.465 e. The van der Waals surface area contributed by atoms with Gasteiger partial charge in [0.2, 0.25) is 5.95 Å². The van der Waals surface area contributed by atoms with Gasteiger partial charge in [-0.1, -0.05) is 31.4 Å². The second kappa shape index (κ2) is 8.68. The van der Waals surface area contributed by atoms with Gasteiger partial charge >= 0.3 is 6.09 Å². The molecular weight excluding hydrogens is 439 g/mol. The molecule has 3 atom stereocenters. The van der Waals surface area contributed by atoms with Gasteiger partial charge in [0.15, 0.2) is 5.17 Å². The number of rotatable bonds is 8. The predicted molar refractivity (Wildman–Crippen MR) is 123 cm³/mol. The molecular formula is C20H31FN4O4SSi. The number of aliphatic imine (C=N–C) groups is 1. The van der Waals surface area contributed by atoms with Crippen molar-refractivity contribution in [1.82, 2.24) is 9.88 Å². The van der Waals surface area contributed by atoms with E-state index in [1.165, 1.54) is 24.0 Å². The van der Waals surface area contributed by atoms with Crippen LogP contribution in [0, 0.1) is 11.9 Å². The highest BCUT2D eigenvalue weighted by Gasteiger charge is 2.67. The molecule has 1 aliphatic heterocycles. The Hall–Kier alpha value is -1.69. The molecule has 0 unspecified atom stereocenters. The molecule has 0 bridgehead atoms. The Morgan fingerprint density at radius 3 is 2.81 bits per heavy atom. The van der Waals surface area contributed by atoms with Crippen LogP contribution < -0.4 is 5.73 Å². The normalized spacial score (nSPS) is 27.4. The van der Waals surface area contributed by atoms with Gasteiger partial charge in [-0.2, -0.15) is 4.39 Å². The molecule has 2 aliphatic rings. The zero-order chi connectivity index (χ0) is 23.0. The van der Waals surface area contributed by atoms with E-state index in [9.17, 15) is 14.3 Å². The minimum absolute atomic E-state index is 0.0322. The van der Waals surface area contributed by atoms with Crippen LogP contribution in [0.1, 0.15) is 18.9 Å². The summed E-state index contributed by atoms with van der Waals surface area (Å²) in [7, 11) is 0.297. The van der Waals surface area contributed by atoms with Gasteiger partial charge in [-0.05, 0) is 25.5 Å². The number of carboxylic acid groups (broad SMARTS) is 1. The van der Waals surface area contributed by atoms with Crippen LogP contribution in [-0.2, 0) is 15.0 Å². The first-order valence-corrected chi connectivity index (χ1v) is 14.7. The number of fused-ring (bicyclic) bond motifs is 1. The molecule has 1 aromatic rings. The van der Waals surface area contributed by atoms with Crippen molar-refractivity contribution in [3.8, 4) is 0 Å². The van der Waals surface area contributed by atoms with E-state index in [1.54, 1.807) is 14.0 Å². The predicted octanol–water partition coefficient (Wildman–Crippen LogP) is 3.82. The van der Waals surface area contributed by atoms with E-state index in [1.807, 2.05) is 0 Å². The number of amidine groups is 1. The Kier molecular flexibility index (Phi) is 6.71. The van der Waals surface area contributed by atoms with Crippen molar-refractivity contribution >= 4 is 36.8 Å². The fourth-order valence-corrected chi connectivity index (χ4v) is 6.33. The van der Waals surface area contributed by atoms with Crippen molar-refractivity contribution in [3.63, 3.8) is 0 Å². The van der Waals surface area contributed by atoms with E-state index in [-0.39, 0.29) is 28.1 Å². The Bertz CT molecular complexity index is 883. The van der Waals surface area contributed by atoms with E-state index < -0.39 is 25.7 Å². The average Bonchev–Trinajstić information content (AvgIpc) is 3.38. The summed E-state index contributed by atoms with van der Waals surface area (Å²) in [6.07, 6.45) is 0.808. The van der Waals surface area contributed by atoms with Gasteiger partial charge in [0.1, 0.15) is 6.73 Å². The lowest BCUT2D eigenvalue weighted by Gasteiger charge is -2.37. The van der Waals surface area contributed by atoms with Crippen molar-refractivity contribution in [1.29, 1.82) is 0 Å². The van der Waals surface area contributed by atoms with E-state index >= 15 is 0 Å². The highest BCUT2D eigenvalue weighted by Crippen LogP contribution is 2.66. The number of nitrogens with two attached hydrogens (primary N) is 1. The number of methoxy groups -OCH3 is 1. The van der Waals surface area contributed by atoms with Crippen LogP contribution in [0.4, 0.5) is 14.9 Å². The van der Waals surface area contributed by atoms with Crippen LogP contribution in [0.3, 0.4) is 0 Å². The quantitative estimate of drug-likeness (QED) is 0.257. The molecule has 0 spiro atoms. The number of amides is 1. The number of anilines is 1. The molecule has 1 amide bonds. The van der Waals surface area contributed by atoms with Gasteiger partial charge in [-0.15, -0.1) is 0 Å². The van der Waals surface area contributed by atoms with Crippen LogP contribution in [-0.4, -0.2) is 66.1 Å². The number of hydrogen-bond acceptors (Lipinski definition) is 7. The smallest absolute Gasteiger partial charge is 0.415 e. The van der Waals surface area contributed by atoms with Gasteiger partial charge in [-0.3, -0.25) is 4.99 Å². The summed E-state index contributed by atoms with van der Waals surface area (Å²) in [4.78, 5) is 21.7. The first-order chi connectivity index (χ1) is 14.4. The van der Waals surface area contributed by atoms with Crippen LogP contribution in [0.2, 0.25) is 25.7 Å². The third kappa shape index (κ3) is 5.05. The zero-order valence-electron chi connectivity index (χ0n) is 18.6. The fourth-order valence-electron chi connectivity index (χ4n) is 3.93. The number of nitrogen functional groups attached to an aromatic ring is 1. The fraction of sp³-hybridized carbons (Fsp3) is 0.650. The largest absolute Gasteiger partial charge is 0.465 e. The molecule has 1 aromatic heterocycles. The maximum Gasteiger partial charge on any atom is 0.415 e. The third-order valence-electron chi connectivity index (χ3n) is 5.80. The van der Waals surface area contributed by atoms with Crippen LogP contribution >= 0.6 is 11.8 Å². The molecule has 8 nitrogen and oxygen atoms in total. The molecule has 3 N–H and O–H groups in total. The molecule has 3 rings (SSSR count). The van der Waals surface area contributed by atoms with Crippen molar-refractivity contribution in [2.24, 2.45) is 10.9 Å². The summed E-state index contributed by atoms with van der Waals surface area (Å²) < 4.78 is 25.5. The van der Waals surface area contributed by atoms with Gasteiger partial charge in [0, 0.05) is 33.3 Å². The van der Waals surface area contributed by atoms with Gasteiger partial charge in [0.05, 0.1) is 28.8 Å². The van der Waals surface area contributed by atoms with Crippen molar-refractivity contribution in [3.05, 3.63) is 23.8 Å². The summed E-state index contributed by atoms with van der Waals surface area (Å²) in [5, 5.41) is 10.1. The first-order valence-electron chi connectivity index (χ1n) is 10.2. The molecule has 0 aromatic carbocycles. The van der Waals surface area contributed by atoms with Crippen molar-refractivity contribution < 1.29 is 23.8 Å². The lowest BCUT2D eigenvalue weighted by molar-refractivity contribution is 0.0701. The summed E-state index contributed by atoms with van der Waals surface area (Å²) in [5.41, 5.74) is 5.45. The number of aromatic nitrogens is 1. The van der Waals surface area contributed by atoms with E-state index in [4.69, 9.17) is 20.2 Å². The molecule has 172 valence electrons. The van der Waals surface area contributed by atoms with Crippen LogP contribution in [0.25, 0.3) is 0 Å². The Balaban J connectivity index is 1.93. The lowest BCUT2D eigenvalue weighted by atomic mass is 9.86.